The number of hydrogen-bond acceptors (Lipinski definition) is 6. The number of rotatable bonds is 5. The molecule has 27 heavy (non-hydrogen) atoms. The number of esters is 1. The Kier molecular flexibility index (Phi) is 5.59. The molecule has 0 unspecified atom stereocenters. The van der Waals surface area contributed by atoms with E-state index in [0.717, 1.165) is 27.5 Å². The van der Waals surface area contributed by atoms with Crippen LogP contribution in [0.15, 0.2) is 42.5 Å². The molecule has 3 aromatic rings. The van der Waals surface area contributed by atoms with Crippen LogP contribution in [0.2, 0.25) is 10.0 Å². The summed E-state index contributed by atoms with van der Waals surface area (Å²) in [5.41, 5.74) is -0.185. The van der Waals surface area contributed by atoms with E-state index in [9.17, 15) is 19.7 Å². The van der Waals surface area contributed by atoms with Crippen LogP contribution >= 0.6 is 34.5 Å². The van der Waals surface area contributed by atoms with Gasteiger partial charge in [0.2, 0.25) is 0 Å². The van der Waals surface area contributed by atoms with Gasteiger partial charge in [0.25, 0.3) is 11.6 Å². The number of nitrogens with zero attached hydrogens (tertiary/aromatic N) is 1. The van der Waals surface area contributed by atoms with E-state index in [-0.39, 0.29) is 26.3 Å². The van der Waals surface area contributed by atoms with Crippen molar-refractivity contribution in [1.29, 1.82) is 0 Å². The molecule has 0 aliphatic heterocycles. The summed E-state index contributed by atoms with van der Waals surface area (Å²) >= 11 is 13.3. The fourth-order valence-corrected chi connectivity index (χ4v) is 3.82. The molecule has 0 fully saturated rings. The largest absolute Gasteiger partial charge is 0.451 e. The third-order valence-corrected chi connectivity index (χ3v) is 5.47. The summed E-state index contributed by atoms with van der Waals surface area (Å²) in [6.45, 7) is -0.595. The molecule has 0 spiro atoms. The van der Waals surface area contributed by atoms with Gasteiger partial charge in [0.05, 0.1) is 20.7 Å². The second kappa shape index (κ2) is 7.91. The van der Waals surface area contributed by atoms with Crippen LogP contribution in [0.3, 0.4) is 0 Å². The van der Waals surface area contributed by atoms with Crippen LogP contribution in [0.1, 0.15) is 9.67 Å². The van der Waals surface area contributed by atoms with Gasteiger partial charge in [-0.25, -0.2) is 4.79 Å². The molecule has 0 saturated carbocycles. The molecule has 0 radical (unpaired) electrons. The average molecular weight is 425 g/mol. The number of ether oxygens (including phenoxy) is 1. The Morgan fingerprint density at radius 1 is 1.19 bits per heavy atom. The Hall–Kier alpha value is -2.68. The van der Waals surface area contributed by atoms with Gasteiger partial charge in [-0.2, -0.15) is 0 Å². The van der Waals surface area contributed by atoms with Gasteiger partial charge in [-0.05, 0) is 12.1 Å². The predicted octanol–water partition coefficient (Wildman–Crippen LogP) is 4.91. The zero-order valence-electron chi connectivity index (χ0n) is 13.4. The van der Waals surface area contributed by atoms with Crippen molar-refractivity contribution >= 4 is 67.9 Å². The Morgan fingerprint density at radius 3 is 2.63 bits per heavy atom. The normalized spacial score (nSPS) is 10.6. The van der Waals surface area contributed by atoms with Gasteiger partial charge in [0.1, 0.15) is 4.88 Å². The molecule has 3 rings (SSSR count). The minimum Gasteiger partial charge on any atom is -0.451 e. The number of carbonyl (C=O) groups excluding carboxylic acids is 2. The third kappa shape index (κ3) is 4.19. The van der Waals surface area contributed by atoms with Gasteiger partial charge in [0, 0.05) is 22.2 Å². The van der Waals surface area contributed by atoms with Crippen LogP contribution in [-0.4, -0.2) is 23.4 Å². The smallest absolute Gasteiger partial charge is 0.350 e. The van der Waals surface area contributed by atoms with Crippen molar-refractivity contribution in [3.63, 3.8) is 0 Å². The number of nitro benzene ring substituents is 1. The zero-order chi connectivity index (χ0) is 19.6. The van der Waals surface area contributed by atoms with E-state index in [2.05, 4.69) is 5.32 Å². The summed E-state index contributed by atoms with van der Waals surface area (Å²) in [6, 6.07) is 10.8. The molecule has 1 aromatic heterocycles. The summed E-state index contributed by atoms with van der Waals surface area (Å²) in [7, 11) is 0. The van der Waals surface area contributed by atoms with Crippen molar-refractivity contribution in [2.75, 3.05) is 11.9 Å². The van der Waals surface area contributed by atoms with Crippen molar-refractivity contribution in [3.05, 3.63) is 67.5 Å². The van der Waals surface area contributed by atoms with E-state index in [1.807, 2.05) is 12.1 Å². The Balaban J connectivity index is 1.67. The van der Waals surface area contributed by atoms with Gasteiger partial charge in [-0.15, -0.1) is 11.3 Å². The summed E-state index contributed by atoms with van der Waals surface area (Å²) < 4.78 is 5.81. The van der Waals surface area contributed by atoms with Crippen molar-refractivity contribution < 1.29 is 19.2 Å². The van der Waals surface area contributed by atoms with Gasteiger partial charge in [-0.1, -0.05) is 41.4 Å². The van der Waals surface area contributed by atoms with Gasteiger partial charge < -0.3 is 10.1 Å². The quantitative estimate of drug-likeness (QED) is 0.356. The molecule has 0 atom stereocenters. The highest BCUT2D eigenvalue weighted by Gasteiger charge is 2.20. The summed E-state index contributed by atoms with van der Waals surface area (Å²) in [6.07, 6.45) is 0. The minimum absolute atomic E-state index is 0.0480. The Morgan fingerprint density at radius 2 is 1.93 bits per heavy atom. The lowest BCUT2D eigenvalue weighted by Gasteiger charge is -2.07. The first kappa shape index (κ1) is 19.1. The van der Waals surface area contributed by atoms with E-state index in [4.69, 9.17) is 27.9 Å². The lowest BCUT2D eigenvalue weighted by Crippen LogP contribution is -2.21. The van der Waals surface area contributed by atoms with Gasteiger partial charge in [-0.3, -0.25) is 14.9 Å². The maximum absolute atomic E-state index is 12.2. The second-order valence-electron chi connectivity index (χ2n) is 5.29. The Labute approximate surface area is 166 Å². The number of nitro groups is 1. The number of fused-ring (bicyclic) bond motifs is 1. The topological polar surface area (TPSA) is 98.5 Å². The summed E-state index contributed by atoms with van der Waals surface area (Å²) in [4.78, 5) is 34.6. The zero-order valence-corrected chi connectivity index (χ0v) is 15.7. The molecule has 1 N–H and O–H groups in total. The predicted molar refractivity (Wildman–Crippen MR) is 104 cm³/mol. The first-order valence-corrected chi connectivity index (χ1v) is 9.02. The summed E-state index contributed by atoms with van der Waals surface area (Å²) in [5.74, 6) is -1.43. The molecular formula is C17H10Cl2N2O5S. The third-order valence-electron chi connectivity index (χ3n) is 3.49. The van der Waals surface area contributed by atoms with E-state index in [0.29, 0.717) is 0 Å². The fourth-order valence-electron chi connectivity index (χ4n) is 2.25. The number of benzene rings is 2. The molecular weight excluding hydrogens is 415 g/mol. The van der Waals surface area contributed by atoms with Crippen molar-refractivity contribution in [2.24, 2.45) is 0 Å². The number of hydrogen-bond donors (Lipinski definition) is 1. The minimum atomic E-state index is -0.735. The van der Waals surface area contributed by atoms with Crippen LogP contribution in [0.5, 0.6) is 0 Å². The molecule has 1 amide bonds. The van der Waals surface area contributed by atoms with E-state index in [1.54, 1.807) is 12.1 Å². The SMILES string of the molecule is O=C(COC(=O)c1sc2ccccc2c1Cl)Nc1cc([N+](=O)[O-])ccc1Cl. The van der Waals surface area contributed by atoms with Gasteiger partial charge >= 0.3 is 5.97 Å². The van der Waals surface area contributed by atoms with Crippen LogP contribution in [0.25, 0.3) is 10.1 Å². The van der Waals surface area contributed by atoms with Gasteiger partial charge in [0.15, 0.2) is 6.61 Å². The van der Waals surface area contributed by atoms with Crippen LogP contribution < -0.4 is 5.32 Å². The number of amides is 1. The van der Waals surface area contributed by atoms with Crippen molar-refractivity contribution in [2.45, 2.75) is 0 Å². The number of anilines is 1. The monoisotopic (exact) mass is 424 g/mol. The molecule has 1 heterocycles. The Bertz CT molecular complexity index is 1070. The maximum atomic E-state index is 12.2. The average Bonchev–Trinajstić information content (AvgIpc) is 2.98. The highest BCUT2D eigenvalue weighted by atomic mass is 35.5. The van der Waals surface area contributed by atoms with Crippen molar-refractivity contribution in [3.8, 4) is 0 Å². The molecule has 0 saturated heterocycles. The lowest BCUT2D eigenvalue weighted by molar-refractivity contribution is -0.384. The molecule has 10 heteroatoms. The first-order chi connectivity index (χ1) is 12.9. The van der Waals surface area contributed by atoms with Crippen LogP contribution in [0.4, 0.5) is 11.4 Å². The molecule has 2 aromatic carbocycles. The highest BCUT2D eigenvalue weighted by Crippen LogP contribution is 2.35. The van der Waals surface area contributed by atoms with Crippen LogP contribution in [0, 0.1) is 10.1 Å². The lowest BCUT2D eigenvalue weighted by atomic mass is 10.2. The molecule has 7 nitrogen and oxygen atoms in total. The van der Waals surface area contributed by atoms with E-state index >= 15 is 0 Å². The van der Waals surface area contributed by atoms with E-state index < -0.39 is 23.4 Å². The first-order valence-electron chi connectivity index (χ1n) is 7.44. The number of halogens is 2. The fraction of sp³-hybridized carbons (Fsp3) is 0.0588. The number of non-ortho nitro benzene ring substituents is 1. The van der Waals surface area contributed by atoms with E-state index in [1.165, 1.54) is 12.1 Å². The molecule has 0 aliphatic carbocycles. The number of nitrogens with one attached hydrogen (secondary N) is 1. The second-order valence-corrected chi connectivity index (χ2v) is 7.12. The molecule has 138 valence electrons. The standard InChI is InChI=1S/C17H10Cl2N2O5S/c18-11-6-5-9(21(24)25)7-12(11)20-14(22)8-26-17(23)16-15(19)10-3-1-2-4-13(10)27-16/h1-7H,8H2,(H,20,22). The maximum Gasteiger partial charge on any atom is 0.350 e. The van der Waals surface area contributed by atoms with Crippen LogP contribution in [-0.2, 0) is 9.53 Å². The van der Waals surface area contributed by atoms with Crippen molar-refractivity contribution in [1.82, 2.24) is 0 Å². The molecule has 0 aliphatic rings. The highest BCUT2D eigenvalue weighted by molar-refractivity contribution is 7.21. The number of thiophene rings is 1. The number of carbonyl (C=O) groups is 2. The molecule has 0 bridgehead atoms. The summed E-state index contributed by atoms with van der Waals surface area (Å²) in [5, 5.41) is 14.3.